The standard InChI is InChI=1S/C30H31F2N5O2S/c1-3-24(38)34-8-10-35(11-9-34)28-22-12-18(2)25(21-7-4-19(31)13-23(21)32)27-26(22)37(29(39)33-28)16-30(17-40-27)14-36(15-30)20-5-6-20/h3-4,7,12-13,20H,1,5-6,8-11,14-17H2,2H3. The number of amides is 1. The highest BCUT2D eigenvalue weighted by molar-refractivity contribution is 7.99. The molecule has 1 saturated carbocycles. The molecule has 1 spiro atoms. The molecular weight excluding hydrogens is 532 g/mol. The van der Waals surface area contributed by atoms with Gasteiger partial charge < -0.3 is 9.80 Å². The average molecular weight is 564 g/mol. The van der Waals surface area contributed by atoms with Gasteiger partial charge in [-0.05, 0) is 49.6 Å². The lowest BCUT2D eigenvalue weighted by Gasteiger charge is -2.50. The van der Waals surface area contributed by atoms with Crippen molar-refractivity contribution in [2.24, 2.45) is 5.41 Å². The van der Waals surface area contributed by atoms with Gasteiger partial charge in [0, 0.05) is 90.5 Å². The van der Waals surface area contributed by atoms with Gasteiger partial charge in [0.15, 0.2) is 0 Å². The molecule has 0 bridgehead atoms. The third-order valence-corrected chi connectivity index (χ3v) is 10.3. The van der Waals surface area contributed by atoms with Gasteiger partial charge in [-0.15, -0.1) is 11.8 Å². The zero-order chi connectivity index (χ0) is 27.8. The van der Waals surface area contributed by atoms with Crippen LogP contribution in [0.1, 0.15) is 18.4 Å². The number of carbonyl (C=O) groups excluding carboxylic acids is 1. The number of nitrogens with zero attached hydrogens (tertiary/aromatic N) is 5. The van der Waals surface area contributed by atoms with E-state index in [1.807, 2.05) is 13.0 Å². The Kier molecular flexibility index (Phi) is 6.05. The molecule has 0 radical (unpaired) electrons. The number of hydrogen-bond donors (Lipinski definition) is 0. The Morgan fingerprint density at radius 1 is 1.12 bits per heavy atom. The SMILES string of the molecule is C=CC(=O)N1CCN(c2nc(=O)n3c4c(c(-c5ccc(F)cc5F)c(C)cc24)SCC2(CN(C4CC4)C2)C3)CC1. The van der Waals surface area contributed by atoms with Crippen LogP contribution in [0.5, 0.6) is 0 Å². The predicted octanol–water partition coefficient (Wildman–Crippen LogP) is 4.05. The van der Waals surface area contributed by atoms with E-state index in [1.54, 1.807) is 21.2 Å². The average Bonchev–Trinajstić information content (AvgIpc) is 3.77. The molecule has 3 aromatic rings. The first-order chi connectivity index (χ1) is 19.3. The normalized spacial score (nSPS) is 20.5. The van der Waals surface area contributed by atoms with Crippen molar-refractivity contribution in [2.45, 2.75) is 37.2 Å². The molecule has 2 saturated heterocycles. The second kappa shape index (κ2) is 9.41. The number of rotatable bonds is 4. The van der Waals surface area contributed by atoms with E-state index in [9.17, 15) is 14.0 Å². The molecule has 4 aliphatic rings. The number of anilines is 1. The Morgan fingerprint density at radius 2 is 1.88 bits per heavy atom. The number of aromatic nitrogens is 2. The number of thioether (sulfide) groups is 1. The summed E-state index contributed by atoms with van der Waals surface area (Å²) < 4.78 is 30.9. The van der Waals surface area contributed by atoms with Crippen molar-refractivity contribution in [3.8, 4) is 11.1 Å². The summed E-state index contributed by atoms with van der Waals surface area (Å²) in [7, 11) is 0. The molecule has 40 heavy (non-hydrogen) atoms. The molecule has 0 unspecified atom stereocenters. The second-order valence-electron chi connectivity index (χ2n) is 11.7. The van der Waals surface area contributed by atoms with Crippen LogP contribution in [0.15, 0.2) is 46.6 Å². The number of halogens is 2. The lowest BCUT2D eigenvalue weighted by Crippen LogP contribution is -2.60. The minimum atomic E-state index is -0.621. The molecule has 2 aromatic carbocycles. The third-order valence-electron chi connectivity index (χ3n) is 8.82. The number of carbonyl (C=O) groups is 1. The molecule has 10 heteroatoms. The number of benzene rings is 2. The van der Waals surface area contributed by atoms with Gasteiger partial charge >= 0.3 is 5.69 Å². The Labute approximate surface area is 235 Å². The van der Waals surface area contributed by atoms with Crippen LogP contribution in [0.4, 0.5) is 14.6 Å². The summed E-state index contributed by atoms with van der Waals surface area (Å²) in [6.45, 7) is 10.1. The molecule has 3 fully saturated rings. The molecular formula is C30H31F2N5O2S. The van der Waals surface area contributed by atoms with E-state index in [0.717, 1.165) is 46.3 Å². The van der Waals surface area contributed by atoms with Gasteiger partial charge in [0.2, 0.25) is 5.91 Å². The van der Waals surface area contributed by atoms with Gasteiger partial charge in [-0.1, -0.05) is 6.58 Å². The fourth-order valence-electron chi connectivity index (χ4n) is 6.66. The zero-order valence-corrected chi connectivity index (χ0v) is 23.3. The molecule has 208 valence electrons. The van der Waals surface area contributed by atoms with Gasteiger partial charge in [-0.3, -0.25) is 14.3 Å². The van der Waals surface area contributed by atoms with E-state index in [0.29, 0.717) is 55.7 Å². The van der Waals surface area contributed by atoms with Gasteiger partial charge in [-0.2, -0.15) is 4.98 Å². The van der Waals surface area contributed by atoms with Crippen LogP contribution in [-0.4, -0.2) is 76.3 Å². The van der Waals surface area contributed by atoms with E-state index in [2.05, 4.69) is 21.4 Å². The smallest absolute Gasteiger partial charge is 0.350 e. The summed E-state index contributed by atoms with van der Waals surface area (Å²) in [6, 6.07) is 6.35. The maximum Gasteiger partial charge on any atom is 0.350 e. The minimum Gasteiger partial charge on any atom is -0.352 e. The molecule has 1 aromatic heterocycles. The van der Waals surface area contributed by atoms with Crippen LogP contribution in [-0.2, 0) is 11.3 Å². The van der Waals surface area contributed by atoms with E-state index in [1.165, 1.54) is 31.1 Å². The van der Waals surface area contributed by atoms with Crippen molar-refractivity contribution in [1.82, 2.24) is 19.4 Å². The number of likely N-dealkylation sites (tertiary alicyclic amines) is 1. The monoisotopic (exact) mass is 563 g/mol. The van der Waals surface area contributed by atoms with E-state index < -0.39 is 11.6 Å². The summed E-state index contributed by atoms with van der Waals surface area (Å²) in [5.74, 6) is 0.0633. The fraction of sp³-hybridized carbons (Fsp3) is 0.433. The molecule has 1 amide bonds. The summed E-state index contributed by atoms with van der Waals surface area (Å²) in [5.41, 5.74) is 2.29. The number of aryl methyl sites for hydroxylation is 1. The van der Waals surface area contributed by atoms with E-state index in [-0.39, 0.29) is 17.0 Å². The van der Waals surface area contributed by atoms with Crippen LogP contribution in [0.3, 0.4) is 0 Å². The Balaban J connectivity index is 1.38. The number of piperazine rings is 1. The minimum absolute atomic E-state index is 0.0601. The van der Waals surface area contributed by atoms with Crippen LogP contribution in [0.25, 0.3) is 22.0 Å². The first-order valence-corrected chi connectivity index (χ1v) is 14.8. The van der Waals surface area contributed by atoms with Crippen molar-refractivity contribution in [1.29, 1.82) is 0 Å². The van der Waals surface area contributed by atoms with Crippen LogP contribution in [0.2, 0.25) is 0 Å². The van der Waals surface area contributed by atoms with Gasteiger partial charge in [0.25, 0.3) is 0 Å². The van der Waals surface area contributed by atoms with E-state index >= 15 is 4.39 Å². The molecule has 7 rings (SSSR count). The van der Waals surface area contributed by atoms with Crippen LogP contribution in [0, 0.1) is 24.0 Å². The van der Waals surface area contributed by atoms with Gasteiger partial charge in [0.05, 0.1) is 5.52 Å². The molecule has 4 heterocycles. The topological polar surface area (TPSA) is 61.7 Å². The van der Waals surface area contributed by atoms with Crippen LogP contribution >= 0.6 is 11.8 Å². The van der Waals surface area contributed by atoms with Crippen molar-refractivity contribution in [3.05, 3.63) is 64.6 Å². The first-order valence-electron chi connectivity index (χ1n) is 13.8. The van der Waals surface area contributed by atoms with Crippen LogP contribution < -0.4 is 10.6 Å². The third kappa shape index (κ3) is 4.15. The molecule has 3 aliphatic heterocycles. The summed E-state index contributed by atoms with van der Waals surface area (Å²) >= 11 is 1.68. The van der Waals surface area contributed by atoms with Crippen molar-refractivity contribution >= 4 is 34.4 Å². The zero-order valence-electron chi connectivity index (χ0n) is 22.5. The highest BCUT2D eigenvalue weighted by atomic mass is 32.2. The largest absolute Gasteiger partial charge is 0.352 e. The first kappa shape index (κ1) is 25.7. The maximum atomic E-state index is 15.2. The predicted molar refractivity (Wildman–Crippen MR) is 153 cm³/mol. The maximum absolute atomic E-state index is 15.2. The summed E-state index contributed by atoms with van der Waals surface area (Å²) in [6.07, 6.45) is 3.80. The molecule has 0 atom stereocenters. The molecule has 7 nitrogen and oxygen atoms in total. The summed E-state index contributed by atoms with van der Waals surface area (Å²) in [5, 5.41) is 0.852. The number of hydrogen-bond acceptors (Lipinski definition) is 6. The van der Waals surface area contributed by atoms with Crippen molar-refractivity contribution < 1.29 is 13.6 Å². The highest BCUT2D eigenvalue weighted by Gasteiger charge is 2.49. The molecule has 0 N–H and O–H groups in total. The van der Waals surface area contributed by atoms with Crippen molar-refractivity contribution in [2.75, 3.05) is 49.9 Å². The Bertz CT molecular complexity index is 1620. The highest BCUT2D eigenvalue weighted by Crippen LogP contribution is 2.50. The lowest BCUT2D eigenvalue weighted by atomic mass is 9.81. The van der Waals surface area contributed by atoms with Gasteiger partial charge in [-0.25, -0.2) is 13.6 Å². The lowest BCUT2D eigenvalue weighted by molar-refractivity contribution is -0.126. The fourth-order valence-corrected chi connectivity index (χ4v) is 8.15. The Hall–Kier alpha value is -3.24. The van der Waals surface area contributed by atoms with E-state index in [4.69, 9.17) is 0 Å². The second-order valence-corrected chi connectivity index (χ2v) is 12.6. The van der Waals surface area contributed by atoms with Crippen molar-refractivity contribution in [3.63, 3.8) is 0 Å². The van der Waals surface area contributed by atoms with Gasteiger partial charge in [0.1, 0.15) is 17.5 Å². The molecule has 1 aliphatic carbocycles. The summed E-state index contributed by atoms with van der Waals surface area (Å²) in [4.78, 5) is 37.7. The Morgan fingerprint density at radius 3 is 2.55 bits per heavy atom. The quantitative estimate of drug-likeness (QED) is 0.447.